The number of aromatic nitrogens is 1. The van der Waals surface area contributed by atoms with Crippen LogP contribution in [0.3, 0.4) is 0 Å². The monoisotopic (exact) mass is 240 g/mol. The average Bonchev–Trinajstić information content (AvgIpc) is 2.15. The molecule has 8 heteroatoms. The third-order valence-corrected chi connectivity index (χ3v) is 1.86. The molecule has 0 fully saturated rings. The second kappa shape index (κ2) is 4.01. The number of pyridine rings is 1. The smallest absolute Gasteiger partial charge is 0.358 e. The molecule has 0 spiro atoms. The van der Waals surface area contributed by atoms with Crippen molar-refractivity contribution in [2.75, 3.05) is 0 Å². The van der Waals surface area contributed by atoms with Gasteiger partial charge in [0.1, 0.15) is 6.20 Å². The molecule has 15 heavy (non-hydrogen) atoms. The third kappa shape index (κ3) is 2.56. The molecule has 82 valence electrons. The van der Waals surface area contributed by atoms with Crippen LogP contribution in [0.2, 0.25) is 0 Å². The molecular weight excluding hydrogens is 237 g/mol. The lowest BCUT2D eigenvalue weighted by Gasteiger charge is -2.07. The summed E-state index contributed by atoms with van der Waals surface area (Å²) in [5.74, 6) is -1.40. The van der Waals surface area contributed by atoms with Crippen molar-refractivity contribution < 1.29 is 18.1 Å². The fourth-order valence-electron chi connectivity index (χ4n) is 0.928. The third-order valence-electron chi connectivity index (χ3n) is 1.56. The highest BCUT2D eigenvalue weighted by atomic mass is 35.5. The summed E-state index contributed by atoms with van der Waals surface area (Å²) in [6.45, 7) is 0. The summed E-state index contributed by atoms with van der Waals surface area (Å²) in [6.07, 6.45) is -3.86. The van der Waals surface area contributed by atoms with Gasteiger partial charge >= 0.3 is 12.0 Å². The maximum atomic E-state index is 12.3. The molecule has 0 saturated heterocycles. The van der Waals surface area contributed by atoms with E-state index in [0.29, 0.717) is 6.07 Å². The van der Waals surface area contributed by atoms with Crippen molar-refractivity contribution in [2.24, 2.45) is 0 Å². The molecule has 0 unspecified atom stereocenters. The Kier molecular flexibility index (Phi) is 3.13. The highest BCUT2D eigenvalue weighted by molar-refractivity contribution is 6.17. The topological polar surface area (TPSA) is 56.0 Å². The van der Waals surface area contributed by atoms with Crippen LogP contribution in [0.25, 0.3) is 0 Å². The molecule has 0 N–H and O–H groups in total. The summed E-state index contributed by atoms with van der Waals surface area (Å²) >= 11 is 5.30. The summed E-state index contributed by atoms with van der Waals surface area (Å²) < 4.78 is 37.0. The molecule has 0 radical (unpaired) electrons. The van der Waals surface area contributed by atoms with Crippen molar-refractivity contribution >= 4 is 17.4 Å². The molecule has 1 heterocycles. The van der Waals surface area contributed by atoms with Crippen LogP contribution in [-0.2, 0) is 12.1 Å². The van der Waals surface area contributed by atoms with E-state index < -0.39 is 22.5 Å². The van der Waals surface area contributed by atoms with E-state index >= 15 is 0 Å². The number of alkyl halides is 4. The van der Waals surface area contributed by atoms with Crippen LogP contribution in [0.5, 0.6) is 0 Å². The molecule has 0 amide bonds. The number of halogens is 4. The van der Waals surface area contributed by atoms with Crippen LogP contribution in [0.4, 0.5) is 19.0 Å². The van der Waals surface area contributed by atoms with Gasteiger partial charge in [0.05, 0.1) is 5.88 Å². The molecule has 0 saturated carbocycles. The number of rotatable bonds is 2. The van der Waals surface area contributed by atoms with Crippen molar-refractivity contribution in [3.05, 3.63) is 33.5 Å². The molecule has 1 aromatic rings. The minimum Gasteiger partial charge on any atom is -0.358 e. The zero-order chi connectivity index (χ0) is 11.6. The Labute approximate surface area is 86.8 Å². The van der Waals surface area contributed by atoms with Gasteiger partial charge in [-0.2, -0.15) is 13.2 Å². The van der Waals surface area contributed by atoms with Crippen molar-refractivity contribution in [1.82, 2.24) is 4.98 Å². The van der Waals surface area contributed by atoms with Gasteiger partial charge in [-0.25, -0.2) is 0 Å². The largest absolute Gasteiger partial charge is 0.424 e. The summed E-state index contributed by atoms with van der Waals surface area (Å²) in [5.41, 5.74) is -1.31. The normalized spacial score (nSPS) is 11.5. The minimum absolute atomic E-state index is 0.0783. The van der Waals surface area contributed by atoms with E-state index in [1.54, 1.807) is 0 Å². The first-order chi connectivity index (χ1) is 6.86. The van der Waals surface area contributed by atoms with Crippen LogP contribution < -0.4 is 0 Å². The molecule has 0 aromatic carbocycles. The predicted molar refractivity (Wildman–Crippen MR) is 45.5 cm³/mol. The van der Waals surface area contributed by atoms with E-state index in [-0.39, 0.29) is 11.4 Å². The Balaban J connectivity index is 3.36. The van der Waals surface area contributed by atoms with E-state index in [9.17, 15) is 23.3 Å². The zero-order valence-electron chi connectivity index (χ0n) is 7.08. The fourth-order valence-corrected chi connectivity index (χ4v) is 1.07. The highest BCUT2D eigenvalue weighted by Crippen LogP contribution is 2.35. The molecule has 0 aliphatic rings. The fraction of sp³-hybridized carbons (Fsp3) is 0.286. The Morgan fingerprint density at radius 1 is 1.53 bits per heavy atom. The second-order valence-electron chi connectivity index (χ2n) is 2.60. The Bertz CT molecular complexity index is 394. The Morgan fingerprint density at radius 2 is 2.13 bits per heavy atom. The Hall–Kier alpha value is -1.37. The first-order valence-electron chi connectivity index (χ1n) is 3.62. The molecule has 0 bridgehead atoms. The van der Waals surface area contributed by atoms with Crippen LogP contribution in [0.1, 0.15) is 11.1 Å². The van der Waals surface area contributed by atoms with Crippen LogP contribution in [-0.4, -0.2) is 9.91 Å². The van der Waals surface area contributed by atoms with Crippen LogP contribution in [0, 0.1) is 10.1 Å². The lowest BCUT2D eigenvalue weighted by molar-refractivity contribution is -0.392. The summed E-state index contributed by atoms with van der Waals surface area (Å²) in [5, 5.41) is 10.3. The van der Waals surface area contributed by atoms with Gasteiger partial charge in [0.15, 0.2) is 5.56 Å². The lowest BCUT2D eigenvalue weighted by atomic mass is 10.2. The van der Waals surface area contributed by atoms with E-state index in [1.165, 1.54) is 0 Å². The summed E-state index contributed by atoms with van der Waals surface area (Å²) in [4.78, 5) is 12.2. The van der Waals surface area contributed by atoms with Crippen molar-refractivity contribution in [2.45, 2.75) is 12.1 Å². The minimum atomic E-state index is -4.81. The van der Waals surface area contributed by atoms with Gasteiger partial charge in [0, 0.05) is 5.56 Å². The molecular formula is C7H4ClF3N2O2. The van der Waals surface area contributed by atoms with Gasteiger partial charge in [-0.3, -0.25) is 0 Å². The maximum Gasteiger partial charge on any atom is 0.424 e. The predicted octanol–water partition coefficient (Wildman–Crippen LogP) is 2.75. The van der Waals surface area contributed by atoms with Gasteiger partial charge in [0.25, 0.3) is 0 Å². The zero-order valence-corrected chi connectivity index (χ0v) is 7.84. The molecule has 1 rings (SSSR count). The molecule has 0 atom stereocenters. The summed E-state index contributed by atoms with van der Waals surface area (Å²) in [6, 6.07) is 0.623. The van der Waals surface area contributed by atoms with Gasteiger partial charge in [-0.15, -0.1) is 11.6 Å². The van der Waals surface area contributed by atoms with Crippen LogP contribution >= 0.6 is 11.6 Å². The number of hydrogen-bond acceptors (Lipinski definition) is 3. The van der Waals surface area contributed by atoms with Gasteiger partial charge in [0.2, 0.25) is 0 Å². The SMILES string of the molecule is O=[N+]([O-])c1ncc(CCl)cc1C(F)(F)F. The van der Waals surface area contributed by atoms with Crippen molar-refractivity contribution in [3.63, 3.8) is 0 Å². The molecule has 0 aliphatic heterocycles. The standard InChI is InChI=1S/C7H4ClF3N2O2/c8-2-4-1-5(7(9,10)11)6(12-3-4)13(14)15/h1,3H,2H2. The highest BCUT2D eigenvalue weighted by Gasteiger charge is 2.39. The number of hydrogen-bond donors (Lipinski definition) is 0. The second-order valence-corrected chi connectivity index (χ2v) is 2.87. The summed E-state index contributed by atoms with van der Waals surface area (Å²) in [7, 11) is 0. The number of nitro groups is 1. The van der Waals surface area contributed by atoms with E-state index in [2.05, 4.69) is 4.98 Å². The molecule has 4 nitrogen and oxygen atoms in total. The van der Waals surface area contributed by atoms with Gasteiger partial charge < -0.3 is 10.1 Å². The van der Waals surface area contributed by atoms with E-state index in [1.807, 2.05) is 0 Å². The Morgan fingerprint density at radius 3 is 2.53 bits per heavy atom. The quantitative estimate of drug-likeness (QED) is 0.454. The van der Waals surface area contributed by atoms with Crippen molar-refractivity contribution in [1.29, 1.82) is 0 Å². The molecule has 0 aliphatic carbocycles. The average molecular weight is 241 g/mol. The first kappa shape index (κ1) is 11.7. The maximum absolute atomic E-state index is 12.3. The number of nitrogens with zero attached hydrogens (tertiary/aromatic N) is 2. The van der Waals surface area contributed by atoms with Crippen LogP contribution in [0.15, 0.2) is 12.3 Å². The van der Waals surface area contributed by atoms with Gasteiger partial charge in [-0.1, -0.05) is 0 Å². The lowest BCUT2D eigenvalue weighted by Crippen LogP contribution is -2.10. The van der Waals surface area contributed by atoms with Crippen molar-refractivity contribution in [3.8, 4) is 0 Å². The van der Waals surface area contributed by atoms with E-state index in [4.69, 9.17) is 11.6 Å². The first-order valence-corrected chi connectivity index (χ1v) is 4.16. The van der Waals surface area contributed by atoms with Gasteiger partial charge in [-0.05, 0) is 16.0 Å². The van der Waals surface area contributed by atoms with E-state index in [0.717, 1.165) is 6.20 Å². The molecule has 1 aromatic heterocycles.